The van der Waals surface area contributed by atoms with Crippen LogP contribution in [0.3, 0.4) is 0 Å². The predicted octanol–water partition coefficient (Wildman–Crippen LogP) is 3.62. The van der Waals surface area contributed by atoms with Crippen molar-refractivity contribution >= 4 is 26.7 Å². The Kier molecular flexibility index (Phi) is 3.52. The highest BCUT2D eigenvalue weighted by molar-refractivity contribution is 7.22. The number of aromatic nitrogens is 2. The third-order valence-electron chi connectivity index (χ3n) is 3.07. The molecular weight excluding hydrogens is 270 g/mol. The SMILES string of the molecule is COc1cc(CNc2nc3c(C)cccc3s2)ccn1. The van der Waals surface area contributed by atoms with Gasteiger partial charge in [0.15, 0.2) is 5.13 Å². The third-order valence-corrected chi connectivity index (χ3v) is 4.05. The number of nitrogens with zero attached hydrogens (tertiary/aromatic N) is 2. The number of aryl methyl sites for hydroxylation is 1. The summed E-state index contributed by atoms with van der Waals surface area (Å²) < 4.78 is 6.33. The second-order valence-corrected chi connectivity index (χ2v) is 5.53. The summed E-state index contributed by atoms with van der Waals surface area (Å²) in [5, 5.41) is 4.29. The monoisotopic (exact) mass is 285 g/mol. The number of rotatable bonds is 4. The van der Waals surface area contributed by atoms with Crippen LogP contribution in [0.1, 0.15) is 11.1 Å². The lowest BCUT2D eigenvalue weighted by molar-refractivity contribution is 0.397. The van der Waals surface area contributed by atoms with Crippen molar-refractivity contribution < 1.29 is 4.74 Å². The Labute approximate surface area is 121 Å². The summed E-state index contributed by atoms with van der Waals surface area (Å²) >= 11 is 1.67. The van der Waals surface area contributed by atoms with E-state index < -0.39 is 0 Å². The van der Waals surface area contributed by atoms with E-state index >= 15 is 0 Å². The first-order valence-electron chi connectivity index (χ1n) is 6.35. The normalized spacial score (nSPS) is 10.7. The van der Waals surface area contributed by atoms with Crippen molar-refractivity contribution in [3.05, 3.63) is 47.7 Å². The minimum Gasteiger partial charge on any atom is -0.481 e. The summed E-state index contributed by atoms with van der Waals surface area (Å²) in [7, 11) is 1.62. The van der Waals surface area contributed by atoms with Crippen LogP contribution in [0.2, 0.25) is 0 Å². The molecule has 102 valence electrons. The maximum absolute atomic E-state index is 5.12. The molecule has 20 heavy (non-hydrogen) atoms. The average molecular weight is 285 g/mol. The van der Waals surface area contributed by atoms with E-state index in [4.69, 9.17) is 4.74 Å². The zero-order valence-electron chi connectivity index (χ0n) is 11.4. The van der Waals surface area contributed by atoms with Gasteiger partial charge >= 0.3 is 0 Å². The lowest BCUT2D eigenvalue weighted by Gasteiger charge is -2.04. The van der Waals surface area contributed by atoms with E-state index in [9.17, 15) is 0 Å². The molecule has 0 aliphatic heterocycles. The molecule has 2 heterocycles. The molecule has 0 fully saturated rings. The molecule has 0 saturated carbocycles. The molecule has 0 radical (unpaired) electrons. The van der Waals surface area contributed by atoms with Gasteiger partial charge in [-0.25, -0.2) is 9.97 Å². The maximum Gasteiger partial charge on any atom is 0.213 e. The van der Waals surface area contributed by atoms with Crippen molar-refractivity contribution in [3.63, 3.8) is 0 Å². The number of para-hydroxylation sites is 1. The molecule has 3 aromatic rings. The van der Waals surface area contributed by atoms with Crippen LogP contribution in [-0.2, 0) is 6.54 Å². The number of hydrogen-bond acceptors (Lipinski definition) is 5. The highest BCUT2D eigenvalue weighted by Crippen LogP contribution is 2.28. The molecule has 1 N–H and O–H groups in total. The zero-order valence-corrected chi connectivity index (χ0v) is 12.2. The molecule has 0 unspecified atom stereocenters. The van der Waals surface area contributed by atoms with Gasteiger partial charge in [-0.1, -0.05) is 23.5 Å². The van der Waals surface area contributed by atoms with Gasteiger partial charge < -0.3 is 10.1 Å². The number of nitrogens with one attached hydrogen (secondary N) is 1. The summed E-state index contributed by atoms with van der Waals surface area (Å²) in [6.45, 7) is 2.79. The van der Waals surface area contributed by atoms with Crippen molar-refractivity contribution in [2.24, 2.45) is 0 Å². The fourth-order valence-corrected chi connectivity index (χ4v) is 2.95. The molecular formula is C15H15N3OS. The summed E-state index contributed by atoms with van der Waals surface area (Å²) in [4.78, 5) is 8.73. The topological polar surface area (TPSA) is 47.0 Å². The molecule has 0 bridgehead atoms. The lowest BCUT2D eigenvalue weighted by atomic mass is 10.2. The van der Waals surface area contributed by atoms with Crippen molar-refractivity contribution in [2.75, 3.05) is 12.4 Å². The van der Waals surface area contributed by atoms with Crippen LogP contribution in [0.15, 0.2) is 36.5 Å². The zero-order chi connectivity index (χ0) is 13.9. The molecule has 0 aliphatic rings. The van der Waals surface area contributed by atoms with Crippen LogP contribution in [0.4, 0.5) is 5.13 Å². The summed E-state index contributed by atoms with van der Waals surface area (Å²) in [6, 6.07) is 10.1. The van der Waals surface area contributed by atoms with Crippen molar-refractivity contribution in [1.29, 1.82) is 0 Å². The van der Waals surface area contributed by atoms with Gasteiger partial charge in [-0.05, 0) is 30.2 Å². The molecule has 0 spiro atoms. The lowest BCUT2D eigenvalue weighted by Crippen LogP contribution is -1.99. The van der Waals surface area contributed by atoms with Crippen LogP contribution >= 0.6 is 11.3 Å². The Bertz CT molecular complexity index is 739. The molecule has 4 nitrogen and oxygen atoms in total. The number of pyridine rings is 1. The Hall–Kier alpha value is -2.14. The Morgan fingerprint density at radius 1 is 1.30 bits per heavy atom. The first kappa shape index (κ1) is 12.9. The van der Waals surface area contributed by atoms with Gasteiger partial charge in [0.2, 0.25) is 5.88 Å². The quantitative estimate of drug-likeness (QED) is 0.795. The van der Waals surface area contributed by atoms with E-state index in [0.717, 1.165) is 16.2 Å². The average Bonchev–Trinajstić information content (AvgIpc) is 2.90. The van der Waals surface area contributed by atoms with E-state index in [2.05, 4.69) is 40.4 Å². The molecule has 5 heteroatoms. The first-order valence-corrected chi connectivity index (χ1v) is 7.17. The maximum atomic E-state index is 5.12. The Morgan fingerprint density at radius 3 is 3.00 bits per heavy atom. The molecule has 2 aromatic heterocycles. The third kappa shape index (κ3) is 2.58. The predicted molar refractivity (Wildman–Crippen MR) is 82.5 cm³/mol. The molecule has 1 aromatic carbocycles. The second kappa shape index (κ2) is 5.46. The van der Waals surface area contributed by atoms with Crippen molar-refractivity contribution in [1.82, 2.24) is 9.97 Å². The van der Waals surface area contributed by atoms with E-state index in [1.165, 1.54) is 10.3 Å². The van der Waals surface area contributed by atoms with Crippen LogP contribution in [0.5, 0.6) is 5.88 Å². The molecule has 0 aliphatic carbocycles. The number of benzene rings is 1. The van der Waals surface area contributed by atoms with Crippen LogP contribution in [0.25, 0.3) is 10.2 Å². The molecule has 0 amide bonds. The standard InChI is InChI=1S/C15H15N3OS/c1-10-4-3-5-12-14(10)18-15(20-12)17-9-11-6-7-16-13(8-11)19-2/h3-8H,9H2,1-2H3,(H,17,18). The van der Waals surface area contributed by atoms with Crippen LogP contribution in [0, 0.1) is 6.92 Å². The minimum atomic E-state index is 0.629. The van der Waals surface area contributed by atoms with Crippen molar-refractivity contribution in [2.45, 2.75) is 13.5 Å². The van der Waals surface area contributed by atoms with Gasteiger partial charge in [-0.2, -0.15) is 0 Å². The minimum absolute atomic E-state index is 0.629. The van der Waals surface area contributed by atoms with Gasteiger partial charge in [0.1, 0.15) is 0 Å². The largest absolute Gasteiger partial charge is 0.481 e. The fourth-order valence-electron chi connectivity index (χ4n) is 2.01. The van der Waals surface area contributed by atoms with Gasteiger partial charge in [-0.15, -0.1) is 0 Å². The van der Waals surface area contributed by atoms with E-state index in [1.54, 1.807) is 24.6 Å². The molecule has 3 rings (SSSR count). The first-order chi connectivity index (χ1) is 9.76. The highest BCUT2D eigenvalue weighted by atomic mass is 32.1. The van der Waals surface area contributed by atoms with E-state index in [1.807, 2.05) is 12.1 Å². The number of ether oxygens (including phenoxy) is 1. The van der Waals surface area contributed by atoms with E-state index in [0.29, 0.717) is 12.4 Å². The molecule has 0 atom stereocenters. The van der Waals surface area contributed by atoms with Gasteiger partial charge in [-0.3, -0.25) is 0 Å². The summed E-state index contributed by atoms with van der Waals surface area (Å²) in [5.41, 5.74) is 3.40. The highest BCUT2D eigenvalue weighted by Gasteiger charge is 2.05. The number of anilines is 1. The van der Waals surface area contributed by atoms with Gasteiger partial charge in [0.05, 0.1) is 17.3 Å². The smallest absolute Gasteiger partial charge is 0.213 e. The fraction of sp³-hybridized carbons (Fsp3) is 0.200. The Balaban J connectivity index is 1.78. The summed E-state index contributed by atoms with van der Waals surface area (Å²) in [6.07, 6.45) is 1.75. The number of fused-ring (bicyclic) bond motifs is 1. The van der Waals surface area contributed by atoms with Crippen molar-refractivity contribution in [3.8, 4) is 5.88 Å². The summed E-state index contributed by atoms with van der Waals surface area (Å²) in [5.74, 6) is 0.629. The van der Waals surface area contributed by atoms with Gasteiger partial charge in [0.25, 0.3) is 0 Å². The molecule has 0 saturated heterocycles. The number of hydrogen-bond donors (Lipinski definition) is 1. The van der Waals surface area contributed by atoms with Crippen LogP contribution in [-0.4, -0.2) is 17.1 Å². The van der Waals surface area contributed by atoms with Crippen LogP contribution < -0.4 is 10.1 Å². The second-order valence-electron chi connectivity index (χ2n) is 4.50. The number of methoxy groups -OCH3 is 1. The van der Waals surface area contributed by atoms with E-state index in [-0.39, 0.29) is 0 Å². The van der Waals surface area contributed by atoms with Gasteiger partial charge in [0, 0.05) is 18.8 Å². The number of thiazole rings is 1. The Morgan fingerprint density at radius 2 is 2.20 bits per heavy atom.